The van der Waals surface area contributed by atoms with Crippen molar-refractivity contribution in [3.05, 3.63) is 35.4 Å². The minimum Gasteiger partial charge on any atom is -0.616 e. The van der Waals surface area contributed by atoms with Gasteiger partial charge < -0.3 is 9.66 Å². The van der Waals surface area contributed by atoms with Gasteiger partial charge in [0.15, 0.2) is 0 Å². The zero-order chi connectivity index (χ0) is 13.1. The molecule has 2 atom stereocenters. The summed E-state index contributed by atoms with van der Waals surface area (Å²) in [7, 11) is 0. The summed E-state index contributed by atoms with van der Waals surface area (Å²) in [6, 6.07) is 8.32. The second-order valence-electron chi connectivity index (χ2n) is 5.37. The maximum Gasteiger partial charge on any atom is 0.133 e. The number of aliphatic hydroxyl groups is 1. The van der Waals surface area contributed by atoms with Crippen LogP contribution in [0.5, 0.6) is 0 Å². The molecule has 0 aliphatic rings. The third-order valence-corrected chi connectivity index (χ3v) is 4.50. The van der Waals surface area contributed by atoms with Crippen LogP contribution < -0.4 is 0 Å². The van der Waals surface area contributed by atoms with Crippen molar-refractivity contribution in [3.8, 4) is 0 Å². The average molecular weight is 254 g/mol. The lowest BCUT2D eigenvalue weighted by molar-refractivity contribution is 0.105. The molecule has 0 amide bonds. The molecule has 0 aromatic heterocycles. The van der Waals surface area contributed by atoms with Crippen LogP contribution in [-0.4, -0.2) is 26.8 Å². The second kappa shape index (κ2) is 5.89. The van der Waals surface area contributed by atoms with Crippen LogP contribution in [0.3, 0.4) is 0 Å². The Morgan fingerprint density at radius 1 is 1.29 bits per heavy atom. The summed E-state index contributed by atoms with van der Waals surface area (Å²) < 4.78 is 11.9. The molecule has 0 fully saturated rings. The SMILES string of the molecule is Cc1ccc([C@@H](C)C[S+]([O-])CC(C)(C)O)cc1. The minimum atomic E-state index is -0.975. The van der Waals surface area contributed by atoms with E-state index in [0.717, 1.165) is 0 Å². The lowest BCUT2D eigenvalue weighted by atomic mass is 10.0. The van der Waals surface area contributed by atoms with Gasteiger partial charge in [-0.15, -0.1) is 0 Å². The molecule has 96 valence electrons. The summed E-state index contributed by atoms with van der Waals surface area (Å²) in [4.78, 5) is 0. The quantitative estimate of drug-likeness (QED) is 0.821. The largest absolute Gasteiger partial charge is 0.616 e. The molecule has 2 nitrogen and oxygen atoms in total. The highest BCUT2D eigenvalue weighted by atomic mass is 32.2. The molecular formula is C14H22O2S. The molecule has 17 heavy (non-hydrogen) atoms. The Morgan fingerprint density at radius 2 is 1.82 bits per heavy atom. The van der Waals surface area contributed by atoms with E-state index in [-0.39, 0.29) is 5.92 Å². The fraction of sp³-hybridized carbons (Fsp3) is 0.571. The van der Waals surface area contributed by atoms with E-state index < -0.39 is 16.8 Å². The van der Waals surface area contributed by atoms with Gasteiger partial charge in [0.2, 0.25) is 0 Å². The predicted molar refractivity (Wildman–Crippen MR) is 73.8 cm³/mol. The van der Waals surface area contributed by atoms with Crippen LogP contribution in [0, 0.1) is 6.92 Å². The standard InChI is InChI=1S/C14H22O2S/c1-11-5-7-13(8-6-11)12(2)9-17(16)10-14(3,4)15/h5-8,12,15H,9-10H2,1-4H3/t12-,17?/m0/s1. The summed E-state index contributed by atoms with van der Waals surface area (Å²) in [5.41, 5.74) is 1.59. The Hall–Kier alpha value is -0.510. The molecule has 0 saturated heterocycles. The van der Waals surface area contributed by atoms with Crippen LogP contribution in [-0.2, 0) is 11.2 Å². The van der Waals surface area contributed by atoms with Gasteiger partial charge in [-0.25, -0.2) is 0 Å². The molecule has 0 aliphatic carbocycles. The molecule has 3 heteroatoms. The van der Waals surface area contributed by atoms with Gasteiger partial charge in [0.25, 0.3) is 0 Å². The van der Waals surface area contributed by atoms with Gasteiger partial charge >= 0.3 is 0 Å². The average Bonchev–Trinajstić information content (AvgIpc) is 2.15. The molecule has 1 aromatic rings. The fourth-order valence-corrected chi connectivity index (χ4v) is 3.38. The molecule has 0 heterocycles. The van der Waals surface area contributed by atoms with Crippen LogP contribution in [0.15, 0.2) is 24.3 Å². The lowest BCUT2D eigenvalue weighted by Gasteiger charge is -2.22. The van der Waals surface area contributed by atoms with Crippen LogP contribution >= 0.6 is 0 Å². The van der Waals surface area contributed by atoms with Gasteiger partial charge in [-0.05, 0) is 26.3 Å². The van der Waals surface area contributed by atoms with Crippen LogP contribution in [0.25, 0.3) is 0 Å². The Labute approximate surface area is 107 Å². The van der Waals surface area contributed by atoms with E-state index in [4.69, 9.17) is 0 Å². The second-order valence-corrected chi connectivity index (χ2v) is 6.88. The normalized spacial score (nSPS) is 15.6. The Morgan fingerprint density at radius 3 is 2.29 bits per heavy atom. The van der Waals surface area contributed by atoms with Gasteiger partial charge in [0.05, 0.1) is 0 Å². The molecule has 0 bridgehead atoms. The van der Waals surface area contributed by atoms with Gasteiger partial charge in [0.1, 0.15) is 17.1 Å². The monoisotopic (exact) mass is 254 g/mol. The van der Waals surface area contributed by atoms with Crippen molar-refractivity contribution in [1.29, 1.82) is 0 Å². The number of hydrogen-bond donors (Lipinski definition) is 1. The van der Waals surface area contributed by atoms with E-state index in [2.05, 4.69) is 38.1 Å². The number of benzene rings is 1. The highest BCUT2D eigenvalue weighted by molar-refractivity contribution is 7.91. The molecule has 1 N–H and O–H groups in total. The van der Waals surface area contributed by atoms with Crippen molar-refractivity contribution >= 4 is 11.2 Å². The van der Waals surface area contributed by atoms with E-state index >= 15 is 0 Å². The van der Waals surface area contributed by atoms with E-state index in [9.17, 15) is 9.66 Å². The van der Waals surface area contributed by atoms with Crippen molar-refractivity contribution in [2.24, 2.45) is 0 Å². The van der Waals surface area contributed by atoms with Gasteiger partial charge in [-0.2, -0.15) is 0 Å². The lowest BCUT2D eigenvalue weighted by Crippen LogP contribution is -2.32. The topological polar surface area (TPSA) is 43.3 Å². The molecular weight excluding hydrogens is 232 g/mol. The van der Waals surface area contributed by atoms with Crippen LogP contribution in [0.1, 0.15) is 37.8 Å². The number of rotatable bonds is 5. The Balaban J connectivity index is 2.54. The third kappa shape index (κ3) is 5.57. The zero-order valence-corrected chi connectivity index (χ0v) is 11.9. The molecule has 1 aromatic carbocycles. The Kier molecular flexibility index (Phi) is 5.04. The smallest absolute Gasteiger partial charge is 0.133 e. The summed E-state index contributed by atoms with van der Waals surface area (Å²) in [6.07, 6.45) is 0. The molecule has 1 rings (SSSR count). The highest BCUT2D eigenvalue weighted by Crippen LogP contribution is 2.19. The number of aryl methyl sites for hydroxylation is 1. The highest BCUT2D eigenvalue weighted by Gasteiger charge is 2.23. The van der Waals surface area contributed by atoms with Crippen molar-refractivity contribution in [3.63, 3.8) is 0 Å². The Bertz CT molecular complexity index is 340. The summed E-state index contributed by atoms with van der Waals surface area (Å²) in [6.45, 7) is 7.52. The van der Waals surface area contributed by atoms with Gasteiger partial charge in [-0.3, -0.25) is 0 Å². The predicted octanol–water partition coefficient (Wildman–Crippen LogP) is 2.62. The van der Waals surface area contributed by atoms with E-state index in [1.54, 1.807) is 13.8 Å². The summed E-state index contributed by atoms with van der Waals surface area (Å²) in [5, 5.41) is 9.61. The maximum atomic E-state index is 11.9. The van der Waals surface area contributed by atoms with Crippen molar-refractivity contribution in [2.75, 3.05) is 11.5 Å². The van der Waals surface area contributed by atoms with E-state index in [0.29, 0.717) is 11.5 Å². The minimum absolute atomic E-state index is 0.263. The summed E-state index contributed by atoms with van der Waals surface area (Å²) in [5.74, 6) is 1.20. The molecule has 0 aliphatic heterocycles. The first-order valence-corrected chi connectivity index (χ1v) is 7.40. The first-order valence-electron chi connectivity index (χ1n) is 5.92. The molecule has 0 saturated carbocycles. The van der Waals surface area contributed by atoms with Crippen LogP contribution in [0.2, 0.25) is 0 Å². The zero-order valence-electron chi connectivity index (χ0n) is 11.1. The third-order valence-electron chi connectivity index (χ3n) is 2.60. The maximum absolute atomic E-state index is 11.9. The molecule has 0 radical (unpaired) electrons. The number of hydrogen-bond acceptors (Lipinski definition) is 2. The fourth-order valence-electron chi connectivity index (χ4n) is 1.72. The van der Waals surface area contributed by atoms with E-state index in [1.165, 1.54) is 11.1 Å². The van der Waals surface area contributed by atoms with Crippen molar-refractivity contribution in [2.45, 2.75) is 39.2 Å². The van der Waals surface area contributed by atoms with Gasteiger partial charge in [0, 0.05) is 5.92 Å². The first-order chi connectivity index (χ1) is 7.78. The first kappa shape index (κ1) is 14.6. The van der Waals surface area contributed by atoms with Crippen molar-refractivity contribution < 1.29 is 9.66 Å². The van der Waals surface area contributed by atoms with Crippen LogP contribution in [0.4, 0.5) is 0 Å². The molecule has 0 spiro atoms. The van der Waals surface area contributed by atoms with Crippen molar-refractivity contribution in [1.82, 2.24) is 0 Å². The summed E-state index contributed by atoms with van der Waals surface area (Å²) >= 11 is -0.975. The van der Waals surface area contributed by atoms with Gasteiger partial charge in [-0.1, -0.05) is 47.9 Å². The molecule has 1 unspecified atom stereocenters. The van der Waals surface area contributed by atoms with E-state index in [1.807, 2.05) is 0 Å².